The summed E-state index contributed by atoms with van der Waals surface area (Å²) in [6.45, 7) is 9.76. The molecule has 0 aromatic rings. The van der Waals surface area contributed by atoms with E-state index in [2.05, 4.69) is 6.58 Å². The number of carbonyl (C=O) groups excluding carboxylic acids is 2. The summed E-state index contributed by atoms with van der Waals surface area (Å²) < 4.78 is 4.96. The minimum Gasteiger partial charge on any atom is -0.447 e. The Balaban J connectivity index is 2.71. The molecular formula is C13H21NO3. The maximum absolute atomic E-state index is 12.2. The second-order valence-corrected chi connectivity index (χ2v) is 4.86. The molecule has 2 amide bonds. The van der Waals surface area contributed by atoms with Gasteiger partial charge in [-0.15, -0.1) is 6.58 Å². The number of amides is 2. The zero-order valence-corrected chi connectivity index (χ0v) is 10.8. The number of cyclic esters (lactones) is 1. The van der Waals surface area contributed by atoms with Crippen LogP contribution in [-0.2, 0) is 9.53 Å². The molecule has 1 saturated heterocycles. The van der Waals surface area contributed by atoms with Gasteiger partial charge in [0.1, 0.15) is 6.61 Å². The van der Waals surface area contributed by atoms with Crippen molar-refractivity contribution < 1.29 is 14.3 Å². The van der Waals surface area contributed by atoms with Crippen molar-refractivity contribution >= 4 is 12.0 Å². The summed E-state index contributed by atoms with van der Waals surface area (Å²) in [5, 5.41) is 0. The summed E-state index contributed by atoms with van der Waals surface area (Å²) in [7, 11) is 0. The maximum atomic E-state index is 12.2. The lowest BCUT2D eigenvalue weighted by Gasteiger charge is -2.25. The fourth-order valence-electron chi connectivity index (χ4n) is 1.91. The van der Waals surface area contributed by atoms with Crippen molar-refractivity contribution in [2.24, 2.45) is 11.8 Å². The van der Waals surface area contributed by atoms with Crippen molar-refractivity contribution in [3.8, 4) is 0 Å². The van der Waals surface area contributed by atoms with E-state index >= 15 is 0 Å². The standard InChI is InChI=1S/C13H21NO3/c1-5-6-7-10(4)12(15)14-11(9(2)3)8-17-13(14)16/h5,9-11H,1,6-8H2,2-4H3/t10-,11-/m0/s1. The molecule has 1 fully saturated rings. The average molecular weight is 239 g/mol. The molecule has 0 bridgehead atoms. The van der Waals surface area contributed by atoms with E-state index in [1.807, 2.05) is 20.8 Å². The Labute approximate surface area is 103 Å². The van der Waals surface area contributed by atoms with Gasteiger partial charge >= 0.3 is 6.09 Å². The highest BCUT2D eigenvalue weighted by atomic mass is 16.6. The molecule has 96 valence electrons. The molecule has 1 heterocycles. The van der Waals surface area contributed by atoms with Gasteiger partial charge in [0.25, 0.3) is 0 Å². The Morgan fingerprint density at radius 3 is 2.76 bits per heavy atom. The van der Waals surface area contributed by atoms with E-state index in [-0.39, 0.29) is 23.8 Å². The fourth-order valence-corrected chi connectivity index (χ4v) is 1.91. The van der Waals surface area contributed by atoms with Gasteiger partial charge in [-0.3, -0.25) is 4.79 Å². The number of rotatable bonds is 5. The predicted molar refractivity (Wildman–Crippen MR) is 65.4 cm³/mol. The highest BCUT2D eigenvalue weighted by Gasteiger charge is 2.40. The Morgan fingerprint density at radius 1 is 1.59 bits per heavy atom. The molecule has 0 unspecified atom stereocenters. The molecule has 0 aliphatic carbocycles. The molecule has 17 heavy (non-hydrogen) atoms. The van der Waals surface area contributed by atoms with E-state index in [0.717, 1.165) is 12.8 Å². The second-order valence-electron chi connectivity index (χ2n) is 4.86. The van der Waals surface area contributed by atoms with E-state index < -0.39 is 6.09 Å². The monoisotopic (exact) mass is 239 g/mol. The van der Waals surface area contributed by atoms with Crippen LogP contribution in [0.1, 0.15) is 33.6 Å². The highest BCUT2D eigenvalue weighted by Crippen LogP contribution is 2.23. The first-order valence-corrected chi connectivity index (χ1v) is 6.09. The lowest BCUT2D eigenvalue weighted by Crippen LogP contribution is -2.44. The van der Waals surface area contributed by atoms with Gasteiger partial charge in [-0.25, -0.2) is 9.69 Å². The van der Waals surface area contributed by atoms with E-state index in [0.29, 0.717) is 6.61 Å². The van der Waals surface area contributed by atoms with Crippen LogP contribution in [0, 0.1) is 11.8 Å². The molecule has 0 spiro atoms. The minimum atomic E-state index is -0.501. The number of ether oxygens (including phenoxy) is 1. The van der Waals surface area contributed by atoms with Gasteiger partial charge in [0.15, 0.2) is 0 Å². The van der Waals surface area contributed by atoms with Crippen LogP contribution in [0.15, 0.2) is 12.7 Å². The van der Waals surface area contributed by atoms with E-state index in [4.69, 9.17) is 4.74 Å². The van der Waals surface area contributed by atoms with Gasteiger partial charge in [0, 0.05) is 5.92 Å². The molecule has 0 aromatic heterocycles. The molecular weight excluding hydrogens is 218 g/mol. The number of hydrogen-bond acceptors (Lipinski definition) is 3. The molecule has 2 atom stereocenters. The van der Waals surface area contributed by atoms with Crippen LogP contribution in [0.3, 0.4) is 0 Å². The van der Waals surface area contributed by atoms with Gasteiger partial charge < -0.3 is 4.74 Å². The van der Waals surface area contributed by atoms with Crippen molar-refractivity contribution in [3.63, 3.8) is 0 Å². The smallest absolute Gasteiger partial charge is 0.416 e. The van der Waals surface area contributed by atoms with Crippen LogP contribution >= 0.6 is 0 Å². The van der Waals surface area contributed by atoms with Crippen molar-refractivity contribution in [2.45, 2.75) is 39.7 Å². The van der Waals surface area contributed by atoms with Crippen LogP contribution in [0.4, 0.5) is 4.79 Å². The Morgan fingerprint density at radius 2 is 2.24 bits per heavy atom. The van der Waals surface area contributed by atoms with Crippen LogP contribution in [0.2, 0.25) is 0 Å². The van der Waals surface area contributed by atoms with Gasteiger partial charge in [-0.1, -0.05) is 26.8 Å². The normalized spacial score (nSPS) is 21.5. The molecule has 0 aromatic carbocycles. The Bertz CT molecular complexity index is 312. The second kappa shape index (κ2) is 5.84. The number of nitrogens with zero attached hydrogens (tertiary/aromatic N) is 1. The molecule has 4 heteroatoms. The van der Waals surface area contributed by atoms with Gasteiger partial charge in [-0.2, -0.15) is 0 Å². The van der Waals surface area contributed by atoms with E-state index in [1.54, 1.807) is 6.08 Å². The summed E-state index contributed by atoms with van der Waals surface area (Å²) in [5.74, 6) is -0.0787. The zero-order valence-electron chi connectivity index (χ0n) is 10.8. The molecule has 0 N–H and O–H groups in total. The maximum Gasteiger partial charge on any atom is 0.416 e. The van der Waals surface area contributed by atoms with Crippen molar-refractivity contribution in [1.29, 1.82) is 0 Å². The van der Waals surface area contributed by atoms with Crippen molar-refractivity contribution in [1.82, 2.24) is 4.90 Å². The lowest BCUT2D eigenvalue weighted by molar-refractivity contribution is -0.133. The lowest BCUT2D eigenvalue weighted by atomic mass is 10.00. The summed E-state index contributed by atoms with van der Waals surface area (Å²) in [6.07, 6.45) is 2.78. The van der Waals surface area contributed by atoms with E-state index in [1.165, 1.54) is 4.90 Å². The first-order chi connectivity index (χ1) is 7.99. The molecule has 0 saturated carbocycles. The number of imide groups is 1. The third kappa shape index (κ3) is 3.08. The predicted octanol–water partition coefficient (Wildman–Crippen LogP) is 2.59. The zero-order chi connectivity index (χ0) is 13.0. The first kappa shape index (κ1) is 13.7. The molecule has 1 aliphatic heterocycles. The molecule has 1 rings (SSSR count). The Hall–Kier alpha value is -1.32. The Kier molecular flexibility index (Phi) is 4.73. The third-order valence-corrected chi connectivity index (χ3v) is 3.14. The van der Waals surface area contributed by atoms with Gasteiger partial charge in [0.05, 0.1) is 6.04 Å². The van der Waals surface area contributed by atoms with E-state index in [9.17, 15) is 9.59 Å². The van der Waals surface area contributed by atoms with Crippen LogP contribution in [0.5, 0.6) is 0 Å². The summed E-state index contributed by atoms with van der Waals surface area (Å²) in [5.41, 5.74) is 0. The SMILES string of the molecule is C=CCC[C@H](C)C(=O)N1C(=O)OC[C@H]1C(C)C. The topological polar surface area (TPSA) is 46.6 Å². The van der Waals surface area contributed by atoms with Crippen LogP contribution in [0.25, 0.3) is 0 Å². The van der Waals surface area contributed by atoms with Crippen molar-refractivity contribution in [2.75, 3.05) is 6.61 Å². The summed E-state index contributed by atoms with van der Waals surface area (Å²) >= 11 is 0. The highest BCUT2D eigenvalue weighted by molar-refractivity contribution is 5.94. The van der Waals surface area contributed by atoms with Crippen molar-refractivity contribution in [3.05, 3.63) is 12.7 Å². The third-order valence-electron chi connectivity index (χ3n) is 3.14. The molecule has 0 radical (unpaired) electrons. The number of carbonyl (C=O) groups is 2. The summed E-state index contributed by atoms with van der Waals surface area (Å²) in [4.78, 5) is 25.0. The van der Waals surface area contributed by atoms with Crippen LogP contribution < -0.4 is 0 Å². The molecule has 4 nitrogen and oxygen atoms in total. The molecule has 1 aliphatic rings. The van der Waals surface area contributed by atoms with Gasteiger partial charge in [0.2, 0.25) is 5.91 Å². The quantitative estimate of drug-likeness (QED) is 0.693. The first-order valence-electron chi connectivity index (χ1n) is 6.09. The minimum absolute atomic E-state index is 0.124. The number of hydrogen-bond donors (Lipinski definition) is 0. The van der Waals surface area contributed by atoms with Gasteiger partial charge in [-0.05, 0) is 18.8 Å². The van der Waals surface area contributed by atoms with Crippen LogP contribution in [-0.4, -0.2) is 29.5 Å². The number of allylic oxidation sites excluding steroid dienone is 1. The fraction of sp³-hybridized carbons (Fsp3) is 0.692. The average Bonchev–Trinajstić information content (AvgIpc) is 2.67. The summed E-state index contributed by atoms with van der Waals surface area (Å²) in [6, 6.07) is -0.124. The largest absolute Gasteiger partial charge is 0.447 e.